The summed E-state index contributed by atoms with van der Waals surface area (Å²) in [6.45, 7) is -0.562. The topological polar surface area (TPSA) is 117 Å². The number of sulfonamides is 1. The van der Waals surface area contributed by atoms with Crippen LogP contribution < -0.4 is 9.62 Å². The molecule has 0 aromatic heterocycles. The van der Waals surface area contributed by atoms with Crippen LogP contribution in [0.15, 0.2) is 48.5 Å². The Morgan fingerprint density at radius 1 is 1.15 bits per heavy atom. The van der Waals surface area contributed by atoms with Crippen LogP contribution in [-0.2, 0) is 19.6 Å². The summed E-state index contributed by atoms with van der Waals surface area (Å²) in [6, 6.07) is 14.1. The van der Waals surface area contributed by atoms with Crippen molar-refractivity contribution in [3.05, 3.63) is 59.7 Å². The molecule has 2 rings (SSSR count). The molecule has 1 amide bonds. The standard InChI is InChI=1S/C18H17N3O5S/c1-26-18(23)14-8-4-5-9-15(14)20-17(22)12-21(27(2,24)25)16-10-6-3-7-13(16)11-19/h3-10H,12H2,1-2H3,(H,20,22). The number of ether oxygens (including phenoxy) is 1. The predicted octanol–water partition coefficient (Wildman–Crippen LogP) is 1.75. The third kappa shape index (κ3) is 4.83. The maximum absolute atomic E-state index is 12.5. The fraction of sp³-hybridized carbons (Fsp3) is 0.167. The van der Waals surface area contributed by atoms with Gasteiger partial charge in [-0.1, -0.05) is 24.3 Å². The molecule has 0 unspecified atom stereocenters. The number of hydrogen-bond acceptors (Lipinski definition) is 6. The fourth-order valence-corrected chi connectivity index (χ4v) is 3.24. The molecule has 0 bridgehead atoms. The van der Waals surface area contributed by atoms with E-state index in [4.69, 9.17) is 0 Å². The molecule has 1 N–H and O–H groups in total. The number of esters is 1. The zero-order valence-electron chi connectivity index (χ0n) is 14.7. The van der Waals surface area contributed by atoms with Crippen LogP contribution in [0.3, 0.4) is 0 Å². The number of nitrogens with zero attached hydrogens (tertiary/aromatic N) is 2. The number of amides is 1. The SMILES string of the molecule is COC(=O)c1ccccc1NC(=O)CN(c1ccccc1C#N)S(C)(=O)=O. The highest BCUT2D eigenvalue weighted by molar-refractivity contribution is 7.92. The first-order valence-electron chi connectivity index (χ1n) is 7.72. The van der Waals surface area contributed by atoms with Gasteiger partial charge in [0.05, 0.1) is 35.9 Å². The lowest BCUT2D eigenvalue weighted by Crippen LogP contribution is -2.38. The molecule has 0 aliphatic carbocycles. The molecule has 0 saturated heterocycles. The minimum Gasteiger partial charge on any atom is -0.465 e. The first kappa shape index (κ1) is 19.9. The van der Waals surface area contributed by atoms with Crippen LogP contribution in [0.1, 0.15) is 15.9 Å². The Labute approximate surface area is 157 Å². The monoisotopic (exact) mass is 387 g/mol. The molecule has 0 heterocycles. The number of benzene rings is 2. The molecule has 0 atom stereocenters. The minimum absolute atomic E-state index is 0.0962. The largest absolute Gasteiger partial charge is 0.465 e. The molecule has 9 heteroatoms. The Bertz CT molecular complexity index is 1010. The third-order valence-electron chi connectivity index (χ3n) is 3.59. The summed E-state index contributed by atoms with van der Waals surface area (Å²) in [7, 11) is -2.63. The molecule has 27 heavy (non-hydrogen) atoms. The molecule has 140 valence electrons. The van der Waals surface area contributed by atoms with E-state index in [1.54, 1.807) is 24.3 Å². The lowest BCUT2D eigenvalue weighted by molar-refractivity contribution is -0.114. The van der Waals surface area contributed by atoms with E-state index in [1.165, 1.54) is 31.4 Å². The molecule has 0 fully saturated rings. The van der Waals surface area contributed by atoms with Gasteiger partial charge < -0.3 is 10.1 Å². The number of rotatable bonds is 6. The highest BCUT2D eigenvalue weighted by Gasteiger charge is 2.24. The Balaban J connectivity index is 2.32. The van der Waals surface area contributed by atoms with Crippen molar-refractivity contribution in [3.63, 3.8) is 0 Å². The normalized spacial score (nSPS) is 10.6. The molecule has 0 radical (unpaired) electrons. The van der Waals surface area contributed by atoms with Gasteiger partial charge in [-0.3, -0.25) is 9.10 Å². The van der Waals surface area contributed by atoms with Gasteiger partial charge >= 0.3 is 5.97 Å². The third-order valence-corrected chi connectivity index (χ3v) is 4.71. The maximum Gasteiger partial charge on any atom is 0.339 e. The van der Waals surface area contributed by atoms with Gasteiger partial charge in [0, 0.05) is 0 Å². The summed E-state index contributed by atoms with van der Waals surface area (Å²) < 4.78 is 29.8. The van der Waals surface area contributed by atoms with Crippen molar-refractivity contribution in [2.75, 3.05) is 29.5 Å². The fourth-order valence-electron chi connectivity index (χ4n) is 2.37. The average molecular weight is 387 g/mol. The van der Waals surface area contributed by atoms with Crippen LogP contribution in [0.4, 0.5) is 11.4 Å². The minimum atomic E-state index is -3.84. The van der Waals surface area contributed by atoms with Gasteiger partial charge in [0.15, 0.2) is 0 Å². The molecule has 8 nitrogen and oxygen atoms in total. The van der Waals surface area contributed by atoms with Crippen molar-refractivity contribution < 1.29 is 22.7 Å². The smallest absolute Gasteiger partial charge is 0.339 e. The molecular formula is C18H17N3O5S. The number of anilines is 2. The maximum atomic E-state index is 12.5. The molecule has 0 aliphatic rings. The van der Waals surface area contributed by atoms with Gasteiger partial charge in [-0.05, 0) is 24.3 Å². The van der Waals surface area contributed by atoms with Gasteiger partial charge in [-0.2, -0.15) is 5.26 Å². The van der Waals surface area contributed by atoms with Gasteiger partial charge in [0.2, 0.25) is 15.9 Å². The van der Waals surface area contributed by atoms with E-state index in [0.717, 1.165) is 10.6 Å². The van der Waals surface area contributed by atoms with Gasteiger partial charge in [0.1, 0.15) is 12.6 Å². The molecule has 2 aromatic rings. The highest BCUT2D eigenvalue weighted by atomic mass is 32.2. The number of hydrogen-bond donors (Lipinski definition) is 1. The van der Waals surface area contributed by atoms with E-state index in [-0.39, 0.29) is 22.5 Å². The van der Waals surface area contributed by atoms with Crippen LogP contribution in [0.25, 0.3) is 0 Å². The lowest BCUT2D eigenvalue weighted by atomic mass is 10.1. The molecular weight excluding hydrogens is 370 g/mol. The van der Waals surface area contributed by atoms with Crippen molar-refractivity contribution in [2.24, 2.45) is 0 Å². The second-order valence-corrected chi connectivity index (χ2v) is 7.39. The van der Waals surface area contributed by atoms with E-state index in [2.05, 4.69) is 10.1 Å². The summed E-state index contributed by atoms with van der Waals surface area (Å²) in [5.41, 5.74) is 0.539. The zero-order chi connectivity index (χ0) is 20.0. The van der Waals surface area contributed by atoms with Gasteiger partial charge in [-0.25, -0.2) is 13.2 Å². The number of nitriles is 1. The van der Waals surface area contributed by atoms with E-state index >= 15 is 0 Å². The van der Waals surface area contributed by atoms with Crippen LogP contribution >= 0.6 is 0 Å². The second kappa shape index (κ2) is 8.33. The summed E-state index contributed by atoms with van der Waals surface area (Å²) in [6.07, 6.45) is 0.941. The molecule has 0 spiro atoms. The van der Waals surface area contributed by atoms with Gasteiger partial charge in [-0.15, -0.1) is 0 Å². The summed E-state index contributed by atoms with van der Waals surface area (Å²) in [5.74, 6) is -1.31. The zero-order valence-corrected chi connectivity index (χ0v) is 15.5. The number of nitrogens with one attached hydrogen (secondary N) is 1. The number of methoxy groups -OCH3 is 1. The first-order chi connectivity index (χ1) is 12.8. The van der Waals surface area contributed by atoms with Crippen molar-refractivity contribution >= 4 is 33.3 Å². The van der Waals surface area contributed by atoms with E-state index in [1.807, 2.05) is 6.07 Å². The van der Waals surface area contributed by atoms with Crippen LogP contribution in [0.5, 0.6) is 0 Å². The summed E-state index contributed by atoms with van der Waals surface area (Å²) in [4.78, 5) is 24.2. The van der Waals surface area contributed by atoms with Crippen LogP contribution in [0.2, 0.25) is 0 Å². The second-order valence-electron chi connectivity index (χ2n) is 5.48. The first-order valence-corrected chi connectivity index (χ1v) is 9.56. The quantitative estimate of drug-likeness (QED) is 0.755. The summed E-state index contributed by atoms with van der Waals surface area (Å²) in [5, 5.41) is 11.7. The van der Waals surface area contributed by atoms with Crippen LogP contribution in [-0.4, -0.2) is 40.2 Å². The Morgan fingerprint density at radius 2 is 1.78 bits per heavy atom. The van der Waals surface area contributed by atoms with Crippen molar-refractivity contribution in [1.82, 2.24) is 0 Å². The lowest BCUT2D eigenvalue weighted by Gasteiger charge is -2.23. The van der Waals surface area contributed by atoms with Crippen LogP contribution in [0, 0.1) is 11.3 Å². The Kier molecular flexibility index (Phi) is 6.15. The molecule has 0 aliphatic heterocycles. The predicted molar refractivity (Wildman–Crippen MR) is 99.8 cm³/mol. The number of para-hydroxylation sites is 2. The van der Waals surface area contributed by atoms with Gasteiger partial charge in [0.25, 0.3) is 0 Å². The van der Waals surface area contributed by atoms with Crippen molar-refractivity contribution in [2.45, 2.75) is 0 Å². The number of carbonyl (C=O) groups is 2. The molecule has 2 aromatic carbocycles. The van der Waals surface area contributed by atoms with E-state index in [9.17, 15) is 23.3 Å². The van der Waals surface area contributed by atoms with E-state index in [0.29, 0.717) is 0 Å². The van der Waals surface area contributed by atoms with Crippen molar-refractivity contribution in [3.8, 4) is 6.07 Å². The Morgan fingerprint density at radius 3 is 2.41 bits per heavy atom. The van der Waals surface area contributed by atoms with E-state index < -0.39 is 28.4 Å². The Hall–Kier alpha value is -3.38. The highest BCUT2D eigenvalue weighted by Crippen LogP contribution is 2.22. The average Bonchev–Trinajstić information content (AvgIpc) is 2.65. The molecule has 0 saturated carbocycles. The number of carbonyl (C=O) groups excluding carboxylic acids is 2. The summed E-state index contributed by atoms with van der Waals surface area (Å²) >= 11 is 0. The van der Waals surface area contributed by atoms with Crippen molar-refractivity contribution in [1.29, 1.82) is 5.26 Å².